The van der Waals surface area contributed by atoms with Crippen LogP contribution < -0.4 is 4.90 Å². The highest BCUT2D eigenvalue weighted by Gasteiger charge is 2.33. The van der Waals surface area contributed by atoms with Gasteiger partial charge in [-0.05, 0) is 30.0 Å². The molecule has 5 heteroatoms. The van der Waals surface area contributed by atoms with E-state index in [1.54, 1.807) is 12.1 Å². The maximum atomic E-state index is 13.0. The molecule has 0 saturated carbocycles. The normalized spacial score (nSPS) is 12.0. The zero-order valence-electron chi connectivity index (χ0n) is 11.4. The van der Waals surface area contributed by atoms with E-state index in [2.05, 4.69) is 29.8 Å². The van der Waals surface area contributed by atoms with Gasteiger partial charge in [0.15, 0.2) is 0 Å². The number of hydrogen-bond acceptors (Lipinski definition) is 1. The molecule has 1 rings (SSSR count). The van der Waals surface area contributed by atoms with E-state index in [0.29, 0.717) is 11.6 Å². The van der Waals surface area contributed by atoms with Gasteiger partial charge >= 0.3 is 6.18 Å². The lowest BCUT2D eigenvalue weighted by molar-refractivity contribution is -0.138. The van der Waals surface area contributed by atoms with Crippen LogP contribution in [0.5, 0.6) is 0 Å². The molecule has 0 unspecified atom stereocenters. The number of halogens is 4. The van der Waals surface area contributed by atoms with E-state index < -0.39 is 11.7 Å². The van der Waals surface area contributed by atoms with Crippen LogP contribution in [0.25, 0.3) is 0 Å². The minimum atomic E-state index is -4.31. The topological polar surface area (TPSA) is 3.24 Å². The molecule has 0 fully saturated rings. The quantitative estimate of drug-likeness (QED) is 0.677. The van der Waals surface area contributed by atoms with E-state index in [-0.39, 0.29) is 10.9 Å². The lowest BCUT2D eigenvalue weighted by Crippen LogP contribution is -2.21. The lowest BCUT2D eigenvalue weighted by Gasteiger charge is -2.22. The van der Waals surface area contributed by atoms with Gasteiger partial charge in [0.1, 0.15) is 0 Å². The Morgan fingerprint density at radius 2 is 1.89 bits per heavy atom. The largest absolute Gasteiger partial charge is 0.416 e. The van der Waals surface area contributed by atoms with Crippen LogP contribution in [0.2, 0.25) is 0 Å². The Morgan fingerprint density at radius 1 is 1.26 bits per heavy atom. The molecule has 19 heavy (non-hydrogen) atoms. The number of hydrogen-bond donors (Lipinski definition) is 0. The maximum absolute atomic E-state index is 13.0. The van der Waals surface area contributed by atoms with Gasteiger partial charge in [0.25, 0.3) is 0 Å². The van der Waals surface area contributed by atoms with Crippen molar-refractivity contribution in [2.75, 3.05) is 18.5 Å². The number of rotatable bonds is 5. The van der Waals surface area contributed by atoms with Crippen LogP contribution in [-0.2, 0) is 11.5 Å². The number of benzene rings is 1. The number of nitrogens with zero attached hydrogens (tertiary/aromatic N) is 1. The zero-order chi connectivity index (χ0) is 14.6. The summed E-state index contributed by atoms with van der Waals surface area (Å²) >= 11 is 3.10. The summed E-state index contributed by atoms with van der Waals surface area (Å²) in [7, 11) is 1.83. The lowest BCUT2D eigenvalue weighted by atomic mass is 10.1. The first-order valence-electron chi connectivity index (χ1n) is 6.23. The van der Waals surface area contributed by atoms with E-state index in [1.807, 2.05) is 11.9 Å². The van der Waals surface area contributed by atoms with Gasteiger partial charge in [-0.25, -0.2) is 0 Å². The van der Waals surface area contributed by atoms with Crippen molar-refractivity contribution in [2.24, 2.45) is 5.92 Å². The molecule has 0 bridgehead atoms. The molecule has 0 saturated heterocycles. The summed E-state index contributed by atoms with van der Waals surface area (Å²) in [4.78, 5) is 1.87. The highest BCUT2D eigenvalue weighted by molar-refractivity contribution is 9.08. The van der Waals surface area contributed by atoms with Crippen molar-refractivity contribution in [3.8, 4) is 0 Å². The van der Waals surface area contributed by atoms with Crippen LogP contribution in [0, 0.1) is 5.92 Å². The fraction of sp³-hybridized carbons (Fsp3) is 0.571. The average Bonchev–Trinajstić information content (AvgIpc) is 2.34. The van der Waals surface area contributed by atoms with Gasteiger partial charge in [0, 0.05) is 24.6 Å². The van der Waals surface area contributed by atoms with E-state index in [0.717, 1.165) is 13.0 Å². The van der Waals surface area contributed by atoms with Gasteiger partial charge < -0.3 is 4.90 Å². The second-order valence-electron chi connectivity index (χ2n) is 5.08. The molecule has 0 spiro atoms. The fourth-order valence-corrected chi connectivity index (χ4v) is 2.25. The van der Waals surface area contributed by atoms with Gasteiger partial charge in [-0.2, -0.15) is 13.2 Å². The van der Waals surface area contributed by atoms with Crippen LogP contribution >= 0.6 is 15.9 Å². The predicted octanol–water partition coefficient (Wildman–Crippen LogP) is 5.08. The minimum absolute atomic E-state index is 0.206. The predicted molar refractivity (Wildman–Crippen MR) is 76.8 cm³/mol. The second-order valence-corrected chi connectivity index (χ2v) is 5.64. The third-order valence-corrected chi connectivity index (χ3v) is 3.63. The molecule has 0 N–H and O–H groups in total. The molecular formula is C14H19BrF3N. The first-order valence-corrected chi connectivity index (χ1v) is 7.35. The molecule has 0 aromatic heterocycles. The van der Waals surface area contributed by atoms with Crippen molar-refractivity contribution >= 4 is 21.6 Å². The monoisotopic (exact) mass is 337 g/mol. The second kappa shape index (κ2) is 6.64. The molecule has 0 heterocycles. The minimum Gasteiger partial charge on any atom is -0.375 e. The van der Waals surface area contributed by atoms with Crippen molar-refractivity contribution in [2.45, 2.75) is 31.8 Å². The van der Waals surface area contributed by atoms with Crippen molar-refractivity contribution < 1.29 is 13.2 Å². The highest BCUT2D eigenvalue weighted by Crippen LogP contribution is 2.35. The molecule has 0 atom stereocenters. The molecule has 0 aliphatic carbocycles. The van der Waals surface area contributed by atoms with Crippen molar-refractivity contribution in [3.05, 3.63) is 29.3 Å². The molecule has 1 aromatic rings. The summed E-state index contributed by atoms with van der Waals surface area (Å²) in [5.41, 5.74) is 0.324. The summed E-state index contributed by atoms with van der Waals surface area (Å²) in [6.45, 7) is 4.95. The highest BCUT2D eigenvalue weighted by atomic mass is 79.9. The van der Waals surface area contributed by atoms with Gasteiger partial charge in [-0.1, -0.05) is 35.8 Å². The summed E-state index contributed by atoms with van der Waals surface area (Å²) < 4.78 is 38.9. The van der Waals surface area contributed by atoms with Crippen LogP contribution in [-0.4, -0.2) is 13.6 Å². The van der Waals surface area contributed by atoms with Crippen LogP contribution in [0.15, 0.2) is 18.2 Å². The van der Waals surface area contributed by atoms with Crippen LogP contribution in [0.4, 0.5) is 18.9 Å². The molecular weight excluding hydrogens is 319 g/mol. The average molecular weight is 338 g/mol. The molecule has 1 nitrogen and oxygen atoms in total. The molecule has 1 aromatic carbocycles. The molecule has 108 valence electrons. The molecule has 0 aliphatic heterocycles. The Labute approximate surface area is 120 Å². The van der Waals surface area contributed by atoms with E-state index in [4.69, 9.17) is 0 Å². The maximum Gasteiger partial charge on any atom is 0.416 e. The molecule has 0 aliphatic rings. The standard InChI is InChI=1S/C14H19BrF3N/c1-10(2)6-7-19(3)12-5-4-11(9-15)13(8-12)14(16,17)18/h4-5,8,10H,6-7,9H2,1-3H3. The van der Waals surface area contributed by atoms with Crippen molar-refractivity contribution in [3.63, 3.8) is 0 Å². The van der Waals surface area contributed by atoms with E-state index in [1.165, 1.54) is 6.07 Å². The third kappa shape index (κ3) is 4.71. The van der Waals surface area contributed by atoms with Gasteiger partial charge in [0.2, 0.25) is 0 Å². The Hall–Kier alpha value is -0.710. The van der Waals surface area contributed by atoms with Crippen LogP contribution in [0.1, 0.15) is 31.4 Å². The van der Waals surface area contributed by atoms with Crippen molar-refractivity contribution in [1.82, 2.24) is 0 Å². The first kappa shape index (κ1) is 16.3. The molecule has 0 radical (unpaired) electrons. The summed E-state index contributed by atoms with van der Waals surface area (Å²) in [6, 6.07) is 4.52. The fourth-order valence-electron chi connectivity index (χ4n) is 1.76. The Bertz CT molecular complexity index is 416. The number of anilines is 1. The Balaban J connectivity index is 2.98. The summed E-state index contributed by atoms with van der Waals surface area (Å²) in [5.74, 6) is 0.534. The number of alkyl halides is 4. The summed E-state index contributed by atoms with van der Waals surface area (Å²) in [6.07, 6.45) is -3.35. The van der Waals surface area contributed by atoms with Gasteiger partial charge in [-0.15, -0.1) is 0 Å². The first-order chi connectivity index (χ1) is 8.75. The van der Waals surface area contributed by atoms with Crippen molar-refractivity contribution in [1.29, 1.82) is 0 Å². The Kier molecular flexibility index (Phi) is 5.71. The third-order valence-electron chi connectivity index (χ3n) is 3.03. The van der Waals surface area contributed by atoms with Crippen LogP contribution in [0.3, 0.4) is 0 Å². The smallest absolute Gasteiger partial charge is 0.375 e. The van der Waals surface area contributed by atoms with Gasteiger partial charge in [0.05, 0.1) is 5.56 Å². The summed E-state index contributed by atoms with van der Waals surface area (Å²) in [5, 5.41) is 0.206. The SMILES string of the molecule is CC(C)CCN(C)c1ccc(CBr)c(C(F)(F)F)c1. The van der Waals surface area contributed by atoms with Gasteiger partial charge in [-0.3, -0.25) is 0 Å². The van der Waals surface area contributed by atoms with E-state index >= 15 is 0 Å². The zero-order valence-corrected chi connectivity index (χ0v) is 13.0. The van der Waals surface area contributed by atoms with E-state index in [9.17, 15) is 13.2 Å². The Morgan fingerprint density at radius 3 is 2.37 bits per heavy atom. The molecule has 0 amide bonds.